The van der Waals surface area contributed by atoms with Gasteiger partial charge in [-0.15, -0.1) is 0 Å². The number of nitrogens with one attached hydrogen (secondary N) is 1. The van der Waals surface area contributed by atoms with Crippen LogP contribution >= 0.6 is 0 Å². The number of amides is 3. The molecule has 172 valence electrons. The lowest BCUT2D eigenvalue weighted by molar-refractivity contribution is -0.136. The maximum atomic E-state index is 12.9. The maximum Gasteiger partial charge on any atom is 0.255 e. The van der Waals surface area contributed by atoms with Crippen molar-refractivity contribution in [1.82, 2.24) is 15.1 Å². The highest BCUT2D eigenvalue weighted by Crippen LogP contribution is 2.31. The minimum absolute atomic E-state index is 0.141. The molecule has 32 heavy (non-hydrogen) atoms. The van der Waals surface area contributed by atoms with Crippen molar-refractivity contribution < 1.29 is 19.1 Å². The number of imide groups is 1. The monoisotopic (exact) mass is 439 g/mol. The fourth-order valence-corrected chi connectivity index (χ4v) is 5.83. The molecule has 0 spiro atoms. The second-order valence-corrected chi connectivity index (χ2v) is 9.86. The molecule has 7 heteroatoms. The molecular weight excluding hydrogens is 406 g/mol. The van der Waals surface area contributed by atoms with Gasteiger partial charge >= 0.3 is 0 Å². The van der Waals surface area contributed by atoms with Crippen LogP contribution in [0, 0.1) is 5.92 Å². The van der Waals surface area contributed by atoms with Crippen LogP contribution in [0.3, 0.4) is 0 Å². The smallest absolute Gasteiger partial charge is 0.255 e. The van der Waals surface area contributed by atoms with Gasteiger partial charge in [0.1, 0.15) is 17.9 Å². The molecule has 3 aliphatic heterocycles. The first-order chi connectivity index (χ1) is 15.6. The molecule has 1 aliphatic carbocycles. The van der Waals surface area contributed by atoms with Crippen molar-refractivity contribution in [3.63, 3.8) is 0 Å². The quantitative estimate of drug-likeness (QED) is 0.714. The molecular formula is C25H33N3O4. The molecule has 1 aromatic rings. The molecule has 2 unspecified atom stereocenters. The fourth-order valence-electron chi connectivity index (χ4n) is 5.83. The van der Waals surface area contributed by atoms with Crippen molar-refractivity contribution in [1.29, 1.82) is 0 Å². The fraction of sp³-hybridized carbons (Fsp3) is 0.640. The first-order valence-corrected chi connectivity index (χ1v) is 12.2. The minimum Gasteiger partial charge on any atom is -0.489 e. The molecule has 0 radical (unpaired) electrons. The van der Waals surface area contributed by atoms with E-state index in [1.807, 2.05) is 18.2 Å². The first kappa shape index (κ1) is 21.4. The van der Waals surface area contributed by atoms with E-state index in [1.54, 1.807) is 4.90 Å². The third-order valence-electron chi connectivity index (χ3n) is 7.50. The zero-order chi connectivity index (χ0) is 22.1. The van der Waals surface area contributed by atoms with Crippen LogP contribution in [0.4, 0.5) is 0 Å². The van der Waals surface area contributed by atoms with Crippen molar-refractivity contribution in [3.8, 4) is 5.75 Å². The number of nitrogens with zero attached hydrogens (tertiary/aromatic N) is 2. The van der Waals surface area contributed by atoms with E-state index in [2.05, 4.69) is 10.2 Å². The Morgan fingerprint density at radius 3 is 2.66 bits per heavy atom. The standard InChI is InChI=1S/C25H33N3O4/c29-23-11-10-22(24(30)26-23)28-15-18-13-19(8-9-21(18)25(28)31)32-20-7-4-12-27(16-20)14-17-5-2-1-3-6-17/h8-9,13,17,20,22H,1-7,10-12,14-16H2,(H,26,29,30). The first-order valence-electron chi connectivity index (χ1n) is 12.2. The minimum atomic E-state index is -0.580. The summed E-state index contributed by atoms with van der Waals surface area (Å²) in [5.74, 6) is 0.852. The highest BCUT2D eigenvalue weighted by Gasteiger charge is 2.39. The van der Waals surface area contributed by atoms with Gasteiger partial charge in [0.25, 0.3) is 5.91 Å². The van der Waals surface area contributed by atoms with E-state index in [9.17, 15) is 14.4 Å². The molecule has 3 amide bonds. The number of rotatable bonds is 5. The number of carbonyl (C=O) groups excluding carboxylic acids is 3. The molecule has 0 aromatic heterocycles. The van der Waals surface area contributed by atoms with E-state index in [1.165, 1.54) is 38.6 Å². The van der Waals surface area contributed by atoms with E-state index >= 15 is 0 Å². The number of hydrogen-bond donors (Lipinski definition) is 1. The second kappa shape index (κ2) is 9.22. The van der Waals surface area contributed by atoms with Crippen molar-refractivity contribution in [2.24, 2.45) is 5.92 Å². The zero-order valence-electron chi connectivity index (χ0n) is 18.7. The summed E-state index contributed by atoms with van der Waals surface area (Å²) in [6, 6.07) is 5.08. The lowest BCUT2D eigenvalue weighted by Crippen LogP contribution is -2.52. The highest BCUT2D eigenvalue weighted by molar-refractivity contribution is 6.05. The number of piperidine rings is 2. The van der Waals surface area contributed by atoms with Gasteiger partial charge in [-0.25, -0.2) is 0 Å². The third-order valence-corrected chi connectivity index (χ3v) is 7.50. The van der Waals surface area contributed by atoms with Gasteiger partial charge in [0.15, 0.2) is 0 Å². The lowest BCUT2D eigenvalue weighted by atomic mass is 9.88. The Morgan fingerprint density at radius 1 is 1.00 bits per heavy atom. The van der Waals surface area contributed by atoms with Crippen LogP contribution in [0.1, 0.15) is 73.7 Å². The van der Waals surface area contributed by atoms with E-state index in [0.717, 1.165) is 43.2 Å². The van der Waals surface area contributed by atoms with E-state index in [0.29, 0.717) is 18.5 Å². The number of hydrogen-bond acceptors (Lipinski definition) is 5. The van der Waals surface area contributed by atoms with Gasteiger partial charge in [-0.3, -0.25) is 24.6 Å². The lowest BCUT2D eigenvalue weighted by Gasteiger charge is -2.36. The van der Waals surface area contributed by atoms with Gasteiger partial charge in [0.05, 0.1) is 0 Å². The van der Waals surface area contributed by atoms with Crippen LogP contribution in [-0.2, 0) is 16.1 Å². The molecule has 0 bridgehead atoms. The summed E-state index contributed by atoms with van der Waals surface area (Å²) in [7, 11) is 0. The molecule has 1 aromatic carbocycles. The highest BCUT2D eigenvalue weighted by atomic mass is 16.5. The molecule has 5 rings (SSSR count). The maximum absolute atomic E-state index is 12.9. The van der Waals surface area contributed by atoms with Crippen molar-refractivity contribution >= 4 is 17.7 Å². The van der Waals surface area contributed by atoms with Gasteiger partial charge in [-0.1, -0.05) is 19.3 Å². The SMILES string of the molecule is O=C1CCC(N2Cc3cc(OC4CCCN(CC5CCCCC5)C4)ccc3C2=O)C(=O)N1. The summed E-state index contributed by atoms with van der Waals surface area (Å²) in [6.45, 7) is 3.71. The third kappa shape index (κ3) is 4.53. The molecule has 7 nitrogen and oxygen atoms in total. The van der Waals surface area contributed by atoms with Gasteiger partial charge in [-0.2, -0.15) is 0 Å². The summed E-state index contributed by atoms with van der Waals surface area (Å²) in [5.41, 5.74) is 1.52. The average Bonchev–Trinajstić information content (AvgIpc) is 3.10. The van der Waals surface area contributed by atoms with E-state index < -0.39 is 6.04 Å². The Labute approximate surface area is 189 Å². The Bertz CT molecular complexity index is 895. The molecule has 3 heterocycles. The summed E-state index contributed by atoms with van der Waals surface area (Å²) in [4.78, 5) is 40.7. The Hall–Kier alpha value is -2.41. The van der Waals surface area contributed by atoms with Crippen molar-refractivity contribution in [2.45, 2.75) is 76.5 Å². The van der Waals surface area contributed by atoms with Crippen molar-refractivity contribution in [3.05, 3.63) is 29.3 Å². The molecule has 1 saturated carbocycles. The van der Waals surface area contributed by atoms with E-state index in [-0.39, 0.29) is 30.2 Å². The number of carbonyl (C=O) groups is 3. The van der Waals surface area contributed by atoms with Crippen LogP contribution in [0.15, 0.2) is 18.2 Å². The number of fused-ring (bicyclic) bond motifs is 1. The Balaban J connectivity index is 1.20. The van der Waals surface area contributed by atoms with E-state index in [4.69, 9.17) is 4.74 Å². The van der Waals surface area contributed by atoms with Gasteiger partial charge < -0.3 is 9.64 Å². The predicted octanol–water partition coefficient (Wildman–Crippen LogP) is 2.87. The molecule has 2 saturated heterocycles. The normalized spacial score (nSPS) is 27.4. The second-order valence-electron chi connectivity index (χ2n) is 9.86. The molecule has 2 atom stereocenters. The predicted molar refractivity (Wildman–Crippen MR) is 119 cm³/mol. The summed E-state index contributed by atoms with van der Waals surface area (Å²) < 4.78 is 6.36. The molecule has 1 N–H and O–H groups in total. The summed E-state index contributed by atoms with van der Waals surface area (Å²) in [5, 5.41) is 2.35. The van der Waals surface area contributed by atoms with Crippen LogP contribution < -0.4 is 10.1 Å². The van der Waals surface area contributed by atoms with Crippen molar-refractivity contribution in [2.75, 3.05) is 19.6 Å². The molecule has 3 fully saturated rings. The molecule has 4 aliphatic rings. The topological polar surface area (TPSA) is 79.0 Å². The summed E-state index contributed by atoms with van der Waals surface area (Å²) in [6.07, 6.45) is 9.91. The average molecular weight is 440 g/mol. The largest absolute Gasteiger partial charge is 0.489 e. The van der Waals surface area contributed by atoms with Gasteiger partial charge in [-0.05, 0) is 68.3 Å². The summed E-state index contributed by atoms with van der Waals surface area (Å²) >= 11 is 0. The number of benzene rings is 1. The van der Waals surface area contributed by atoms with Crippen LogP contribution in [-0.4, -0.2) is 59.3 Å². The zero-order valence-corrected chi connectivity index (χ0v) is 18.7. The van der Waals surface area contributed by atoms with Gasteiger partial charge in [0.2, 0.25) is 11.8 Å². The van der Waals surface area contributed by atoms with Crippen LogP contribution in [0.5, 0.6) is 5.75 Å². The van der Waals surface area contributed by atoms with Gasteiger partial charge in [0, 0.05) is 31.6 Å². The Kier molecular flexibility index (Phi) is 6.17. The Morgan fingerprint density at radius 2 is 1.84 bits per heavy atom. The van der Waals surface area contributed by atoms with Crippen LogP contribution in [0.2, 0.25) is 0 Å². The number of ether oxygens (including phenoxy) is 1. The number of likely N-dealkylation sites (tertiary alicyclic amines) is 1. The van der Waals surface area contributed by atoms with Crippen LogP contribution in [0.25, 0.3) is 0 Å².